The minimum Gasteiger partial charge on any atom is -0.458 e. The Morgan fingerprint density at radius 2 is 0.761 bits per heavy atom. The molecule has 0 radical (unpaired) electrons. The molecule has 0 atom stereocenters. The average Bonchev–Trinajstić information content (AvgIpc) is 3.10. The van der Waals surface area contributed by atoms with Gasteiger partial charge >= 0.3 is 17.9 Å². The van der Waals surface area contributed by atoms with Gasteiger partial charge in [0.05, 0.1) is 0 Å². The van der Waals surface area contributed by atoms with Crippen molar-refractivity contribution in [3.63, 3.8) is 0 Å². The Hall–Kier alpha value is -6.09. The fraction of sp³-hybridized carbons (Fsp3) is 0.108. The van der Waals surface area contributed by atoms with Gasteiger partial charge in [0.1, 0.15) is 31.3 Å². The molecule has 0 aliphatic heterocycles. The first kappa shape index (κ1) is 32.8. The molecule has 4 aromatic carbocycles. The summed E-state index contributed by atoms with van der Waals surface area (Å²) in [5.74, 6) is -0.244. The minimum absolute atomic E-state index is 0.0103. The topological polar surface area (TPSA) is 101 Å². The van der Waals surface area contributed by atoms with E-state index in [-0.39, 0.29) is 26.6 Å². The number of carbonyl (C=O) groups is 3. The number of hydrogen-bond acceptors (Lipinski definition) is 9. The zero-order valence-electron chi connectivity index (χ0n) is 25.1. The van der Waals surface area contributed by atoms with Crippen LogP contribution in [0.3, 0.4) is 0 Å². The highest BCUT2D eigenvalue weighted by Crippen LogP contribution is 2.35. The van der Waals surface area contributed by atoms with Gasteiger partial charge in [-0.3, -0.25) is 0 Å². The van der Waals surface area contributed by atoms with Crippen molar-refractivity contribution in [2.24, 2.45) is 0 Å². The maximum Gasteiger partial charge on any atom is 0.330 e. The van der Waals surface area contributed by atoms with Crippen LogP contribution in [0.4, 0.5) is 17.1 Å². The van der Waals surface area contributed by atoms with Crippen LogP contribution in [0.1, 0.15) is 16.7 Å². The quantitative estimate of drug-likeness (QED) is 0.0555. The van der Waals surface area contributed by atoms with Crippen LogP contribution in [0, 0.1) is 0 Å². The fourth-order valence-electron chi connectivity index (χ4n) is 4.11. The molecule has 0 saturated heterocycles. The number of nitrogens with zero attached hydrogens (tertiary/aromatic N) is 1. The lowest BCUT2D eigenvalue weighted by atomic mass is 10.1. The first-order valence-corrected chi connectivity index (χ1v) is 14.2. The first-order valence-electron chi connectivity index (χ1n) is 14.2. The van der Waals surface area contributed by atoms with Crippen molar-refractivity contribution in [3.8, 4) is 11.5 Å². The Balaban J connectivity index is 1.45. The van der Waals surface area contributed by atoms with E-state index in [1.165, 1.54) is 0 Å². The number of esters is 3. The van der Waals surface area contributed by atoms with Gasteiger partial charge in [-0.2, -0.15) is 0 Å². The van der Waals surface area contributed by atoms with E-state index in [9.17, 15) is 14.4 Å². The predicted molar refractivity (Wildman–Crippen MR) is 174 cm³/mol. The minimum atomic E-state index is -0.487. The molecule has 0 spiro atoms. The number of benzene rings is 4. The molecule has 0 amide bonds. The largest absolute Gasteiger partial charge is 0.458 e. The van der Waals surface area contributed by atoms with Crippen LogP contribution in [0.25, 0.3) is 0 Å². The van der Waals surface area contributed by atoms with Gasteiger partial charge in [-0.1, -0.05) is 56.1 Å². The number of carbonyl (C=O) groups excluding carboxylic acids is 3. The smallest absolute Gasteiger partial charge is 0.330 e. The third-order valence-electron chi connectivity index (χ3n) is 6.50. The second kappa shape index (κ2) is 16.7. The predicted octanol–water partition coefficient (Wildman–Crippen LogP) is 7.26. The molecule has 0 saturated carbocycles. The lowest BCUT2D eigenvalue weighted by molar-refractivity contribution is -0.139. The first-order chi connectivity index (χ1) is 22.4. The number of anilines is 3. The Labute approximate surface area is 267 Å². The molecule has 9 nitrogen and oxygen atoms in total. The second-order valence-electron chi connectivity index (χ2n) is 9.65. The molecule has 0 fully saturated rings. The van der Waals surface area contributed by atoms with Crippen LogP contribution < -0.4 is 14.4 Å². The van der Waals surface area contributed by atoms with Crippen molar-refractivity contribution >= 4 is 35.0 Å². The summed E-state index contributed by atoms with van der Waals surface area (Å²) < 4.78 is 26.8. The molecule has 0 N–H and O–H groups in total. The maximum atomic E-state index is 11.5. The van der Waals surface area contributed by atoms with E-state index in [2.05, 4.69) is 19.7 Å². The summed E-state index contributed by atoms with van der Waals surface area (Å²) in [6.45, 7) is 10.6. The van der Waals surface area contributed by atoms with Crippen molar-refractivity contribution < 1.29 is 38.1 Å². The molecule has 4 rings (SSSR count). The number of rotatable bonds is 16. The average molecular weight is 620 g/mol. The molecular formula is C37H33NO8. The number of ether oxygens (including phenoxy) is 5. The summed E-state index contributed by atoms with van der Waals surface area (Å²) >= 11 is 0. The summed E-state index contributed by atoms with van der Waals surface area (Å²) in [5, 5.41) is 0. The molecule has 0 aromatic heterocycles. The Morgan fingerprint density at radius 3 is 1.09 bits per heavy atom. The van der Waals surface area contributed by atoms with E-state index in [1.807, 2.05) is 77.7 Å². The molecule has 9 heteroatoms. The third-order valence-corrected chi connectivity index (χ3v) is 6.50. The Bertz CT molecular complexity index is 1580. The van der Waals surface area contributed by atoms with E-state index in [1.54, 1.807) is 24.3 Å². The molecule has 0 heterocycles. The third kappa shape index (κ3) is 9.72. The van der Waals surface area contributed by atoms with Crippen LogP contribution in [0.5, 0.6) is 11.5 Å². The molecule has 0 unspecified atom stereocenters. The van der Waals surface area contributed by atoms with Crippen molar-refractivity contribution in [2.75, 3.05) is 11.7 Å². The van der Waals surface area contributed by atoms with E-state index in [0.717, 1.165) is 52.0 Å². The highest BCUT2D eigenvalue weighted by Gasteiger charge is 2.14. The van der Waals surface area contributed by atoms with Gasteiger partial charge in [-0.05, 0) is 77.4 Å². The van der Waals surface area contributed by atoms with Crippen LogP contribution in [-0.2, 0) is 48.4 Å². The lowest BCUT2D eigenvalue weighted by Gasteiger charge is -2.26. The fourth-order valence-corrected chi connectivity index (χ4v) is 4.11. The van der Waals surface area contributed by atoms with E-state index in [4.69, 9.17) is 23.7 Å². The van der Waals surface area contributed by atoms with Gasteiger partial charge in [0.15, 0.2) is 0 Å². The monoisotopic (exact) mass is 619 g/mol. The van der Waals surface area contributed by atoms with Crippen molar-refractivity contribution in [2.45, 2.75) is 19.8 Å². The van der Waals surface area contributed by atoms with E-state index < -0.39 is 17.9 Å². The zero-order chi connectivity index (χ0) is 32.7. The van der Waals surface area contributed by atoms with E-state index in [0.29, 0.717) is 11.5 Å². The molecule has 0 aliphatic rings. The van der Waals surface area contributed by atoms with Crippen LogP contribution in [0.15, 0.2) is 135 Å². The van der Waals surface area contributed by atoms with Crippen molar-refractivity contribution in [3.05, 3.63) is 152 Å². The highest BCUT2D eigenvalue weighted by atomic mass is 16.7. The van der Waals surface area contributed by atoms with Gasteiger partial charge < -0.3 is 28.6 Å². The zero-order valence-corrected chi connectivity index (χ0v) is 25.1. The summed E-state index contributed by atoms with van der Waals surface area (Å²) in [5.41, 5.74) is 5.06. The molecule has 0 bridgehead atoms. The molecule has 46 heavy (non-hydrogen) atoms. The Morgan fingerprint density at radius 1 is 0.478 bits per heavy atom. The lowest BCUT2D eigenvalue weighted by Crippen LogP contribution is -2.11. The highest BCUT2D eigenvalue weighted by molar-refractivity contribution is 5.82. The van der Waals surface area contributed by atoms with Gasteiger partial charge in [-0.25, -0.2) is 14.4 Å². The molecule has 4 aromatic rings. The molecule has 0 aliphatic carbocycles. The summed E-state index contributed by atoms with van der Waals surface area (Å²) in [6, 6.07) is 30.0. The van der Waals surface area contributed by atoms with Gasteiger partial charge in [-0.15, -0.1) is 0 Å². The Kier molecular flexibility index (Phi) is 11.9. The van der Waals surface area contributed by atoms with Gasteiger partial charge in [0.2, 0.25) is 6.79 Å². The standard InChI is InChI=1S/C37H33NO8/c1-4-35(39)42-23-27-7-13-30(14-8-27)38(31-15-9-28(10-16-31)24-43-36(40)5-2)32-17-21-34(22-18-32)46-26-45-33-19-11-29(12-20-33)25-44-37(41)6-3/h4-22H,1-3,23-26H2. The van der Waals surface area contributed by atoms with Crippen molar-refractivity contribution in [1.29, 1.82) is 0 Å². The molecule has 234 valence electrons. The summed E-state index contributed by atoms with van der Waals surface area (Å²) in [7, 11) is 0. The second-order valence-corrected chi connectivity index (χ2v) is 9.65. The summed E-state index contributed by atoms with van der Waals surface area (Å²) in [4.78, 5) is 36.2. The number of hydrogen-bond donors (Lipinski definition) is 0. The van der Waals surface area contributed by atoms with Crippen molar-refractivity contribution in [1.82, 2.24) is 0 Å². The van der Waals surface area contributed by atoms with E-state index >= 15 is 0 Å². The normalized spacial score (nSPS) is 10.2. The molecular weight excluding hydrogens is 586 g/mol. The van der Waals surface area contributed by atoms with Gasteiger partial charge in [0, 0.05) is 35.3 Å². The van der Waals surface area contributed by atoms with Crippen LogP contribution in [0.2, 0.25) is 0 Å². The maximum absolute atomic E-state index is 11.5. The van der Waals surface area contributed by atoms with Crippen LogP contribution >= 0.6 is 0 Å². The SMILES string of the molecule is C=CC(=O)OCc1ccc(OCOc2ccc(N(c3ccc(COC(=O)C=C)cc3)c3ccc(COC(=O)C=C)cc3)cc2)cc1. The summed E-state index contributed by atoms with van der Waals surface area (Å²) in [6.07, 6.45) is 3.37. The van der Waals surface area contributed by atoms with Gasteiger partial charge in [0.25, 0.3) is 0 Å². The van der Waals surface area contributed by atoms with Crippen LogP contribution in [-0.4, -0.2) is 24.7 Å².